The Morgan fingerprint density at radius 1 is 1.45 bits per heavy atom. The fraction of sp³-hybridized carbons (Fsp3) is 0.286. The van der Waals surface area contributed by atoms with E-state index in [0.29, 0.717) is 17.8 Å². The van der Waals surface area contributed by atoms with Gasteiger partial charge in [0.25, 0.3) is 5.91 Å². The molecule has 0 aliphatic rings. The van der Waals surface area contributed by atoms with Crippen molar-refractivity contribution in [3.8, 4) is 0 Å². The second-order valence-corrected chi connectivity index (χ2v) is 5.52. The minimum atomic E-state index is -0.105. The van der Waals surface area contributed by atoms with Crippen molar-refractivity contribution in [2.75, 3.05) is 12.3 Å². The maximum absolute atomic E-state index is 11.7. The molecule has 0 atom stereocenters. The van der Waals surface area contributed by atoms with E-state index < -0.39 is 0 Å². The van der Waals surface area contributed by atoms with Crippen LogP contribution in [0.3, 0.4) is 0 Å². The smallest absolute Gasteiger partial charge is 0.251 e. The molecule has 20 heavy (non-hydrogen) atoms. The largest absolute Gasteiger partial charge is 0.398 e. The molecule has 1 aromatic carbocycles. The number of nitrogens with one attached hydrogen (secondary N) is 1. The molecule has 0 unspecified atom stereocenters. The number of aryl methyl sites for hydroxylation is 2. The van der Waals surface area contributed by atoms with E-state index in [4.69, 9.17) is 5.73 Å². The molecule has 0 spiro atoms. The first-order valence-electron chi connectivity index (χ1n) is 6.37. The van der Waals surface area contributed by atoms with Gasteiger partial charge in [-0.2, -0.15) is 5.10 Å². The minimum absolute atomic E-state index is 0.105. The summed E-state index contributed by atoms with van der Waals surface area (Å²) in [5.74, 6) is -0.105. The Bertz CT molecular complexity index is 636. The van der Waals surface area contributed by atoms with Gasteiger partial charge in [-0.05, 0) is 38.1 Å². The van der Waals surface area contributed by atoms with Crippen molar-refractivity contribution < 1.29 is 4.79 Å². The number of hydrogen-bond donors (Lipinski definition) is 2. The highest BCUT2D eigenvalue weighted by molar-refractivity contribution is 7.99. The van der Waals surface area contributed by atoms with Gasteiger partial charge in [0.05, 0.1) is 10.7 Å². The number of benzene rings is 1. The highest BCUT2D eigenvalue weighted by Crippen LogP contribution is 2.32. The SMILES string of the molecule is CCNC(=O)c1ccc(Sc2cc(C)nn2C)c(N)c1. The predicted octanol–water partition coefficient (Wildman–Crippen LogP) is 2.21. The van der Waals surface area contributed by atoms with Crippen LogP contribution in [0.15, 0.2) is 34.2 Å². The lowest BCUT2D eigenvalue weighted by atomic mass is 10.2. The maximum Gasteiger partial charge on any atom is 0.251 e. The lowest BCUT2D eigenvalue weighted by Gasteiger charge is -2.08. The molecule has 1 amide bonds. The molecule has 0 bridgehead atoms. The fourth-order valence-electron chi connectivity index (χ4n) is 1.84. The van der Waals surface area contributed by atoms with E-state index in [9.17, 15) is 4.79 Å². The zero-order chi connectivity index (χ0) is 14.7. The van der Waals surface area contributed by atoms with Crippen molar-refractivity contribution in [1.82, 2.24) is 15.1 Å². The second-order valence-electron chi connectivity index (χ2n) is 4.46. The molecular weight excluding hydrogens is 272 g/mol. The Morgan fingerprint density at radius 3 is 2.75 bits per heavy atom. The van der Waals surface area contributed by atoms with Crippen molar-refractivity contribution in [3.05, 3.63) is 35.5 Å². The molecule has 1 aromatic heterocycles. The number of aromatic nitrogens is 2. The van der Waals surface area contributed by atoms with E-state index in [1.54, 1.807) is 12.1 Å². The molecule has 0 saturated carbocycles. The Balaban J connectivity index is 2.22. The van der Waals surface area contributed by atoms with Gasteiger partial charge in [0, 0.05) is 29.7 Å². The van der Waals surface area contributed by atoms with E-state index in [1.807, 2.05) is 37.7 Å². The van der Waals surface area contributed by atoms with Crippen molar-refractivity contribution in [1.29, 1.82) is 0 Å². The van der Waals surface area contributed by atoms with E-state index in [-0.39, 0.29) is 5.91 Å². The quantitative estimate of drug-likeness (QED) is 0.847. The highest BCUT2D eigenvalue weighted by Gasteiger charge is 2.10. The first-order valence-corrected chi connectivity index (χ1v) is 7.19. The first-order chi connectivity index (χ1) is 9.51. The van der Waals surface area contributed by atoms with Gasteiger partial charge in [-0.3, -0.25) is 9.48 Å². The zero-order valence-electron chi connectivity index (χ0n) is 11.8. The van der Waals surface area contributed by atoms with Crippen LogP contribution in [0.5, 0.6) is 0 Å². The number of hydrogen-bond acceptors (Lipinski definition) is 4. The summed E-state index contributed by atoms with van der Waals surface area (Å²) >= 11 is 1.54. The number of nitrogens with zero attached hydrogens (tertiary/aromatic N) is 2. The Kier molecular flexibility index (Phi) is 4.34. The van der Waals surface area contributed by atoms with Crippen molar-refractivity contribution in [3.63, 3.8) is 0 Å². The molecule has 3 N–H and O–H groups in total. The van der Waals surface area contributed by atoms with Gasteiger partial charge in [-0.25, -0.2) is 0 Å². The summed E-state index contributed by atoms with van der Waals surface area (Å²) in [5, 5.41) is 8.07. The van der Waals surface area contributed by atoms with Crippen LogP contribution in [0.4, 0.5) is 5.69 Å². The predicted molar refractivity (Wildman–Crippen MR) is 80.9 cm³/mol. The average Bonchev–Trinajstić information content (AvgIpc) is 2.70. The van der Waals surface area contributed by atoms with Crippen LogP contribution in [0.25, 0.3) is 0 Å². The number of nitrogens with two attached hydrogens (primary N) is 1. The average molecular weight is 290 g/mol. The lowest BCUT2D eigenvalue weighted by molar-refractivity contribution is 0.0956. The lowest BCUT2D eigenvalue weighted by Crippen LogP contribution is -2.22. The molecule has 106 valence electrons. The first kappa shape index (κ1) is 14.5. The summed E-state index contributed by atoms with van der Waals surface area (Å²) in [6.45, 7) is 4.44. The van der Waals surface area contributed by atoms with Gasteiger partial charge >= 0.3 is 0 Å². The Labute approximate surface area is 122 Å². The Hall–Kier alpha value is -1.95. The summed E-state index contributed by atoms with van der Waals surface area (Å²) in [4.78, 5) is 12.7. The van der Waals surface area contributed by atoms with Gasteiger partial charge in [-0.15, -0.1) is 0 Å². The van der Waals surface area contributed by atoms with Gasteiger partial charge < -0.3 is 11.1 Å². The number of rotatable bonds is 4. The van der Waals surface area contributed by atoms with Crippen molar-refractivity contribution in [2.45, 2.75) is 23.8 Å². The Morgan fingerprint density at radius 2 is 2.20 bits per heavy atom. The van der Waals surface area contributed by atoms with Crippen LogP contribution < -0.4 is 11.1 Å². The van der Waals surface area contributed by atoms with E-state index >= 15 is 0 Å². The topological polar surface area (TPSA) is 72.9 Å². The molecule has 2 aromatic rings. The van der Waals surface area contributed by atoms with Crippen molar-refractivity contribution >= 4 is 23.4 Å². The van der Waals surface area contributed by atoms with Crippen LogP contribution in [0.2, 0.25) is 0 Å². The van der Waals surface area contributed by atoms with E-state index in [0.717, 1.165) is 15.6 Å². The van der Waals surface area contributed by atoms with Crippen LogP contribution in [-0.2, 0) is 7.05 Å². The standard InChI is InChI=1S/C14H18N4OS/c1-4-16-14(19)10-5-6-12(11(15)8-10)20-13-7-9(2)17-18(13)3/h5-8H,4,15H2,1-3H3,(H,16,19). The number of anilines is 1. The summed E-state index contributed by atoms with van der Waals surface area (Å²) in [6, 6.07) is 7.36. The van der Waals surface area contributed by atoms with Gasteiger partial charge in [-0.1, -0.05) is 11.8 Å². The number of carbonyl (C=O) groups is 1. The highest BCUT2D eigenvalue weighted by atomic mass is 32.2. The summed E-state index contributed by atoms with van der Waals surface area (Å²) in [7, 11) is 1.90. The summed E-state index contributed by atoms with van der Waals surface area (Å²) in [6.07, 6.45) is 0. The molecule has 0 radical (unpaired) electrons. The van der Waals surface area contributed by atoms with Crippen LogP contribution in [0, 0.1) is 6.92 Å². The van der Waals surface area contributed by atoms with Crippen LogP contribution >= 0.6 is 11.8 Å². The van der Waals surface area contributed by atoms with E-state index in [2.05, 4.69) is 10.4 Å². The van der Waals surface area contributed by atoms with Crippen molar-refractivity contribution in [2.24, 2.45) is 7.05 Å². The van der Waals surface area contributed by atoms with E-state index in [1.165, 1.54) is 11.8 Å². The molecule has 0 fully saturated rings. The molecule has 0 aliphatic heterocycles. The maximum atomic E-state index is 11.7. The number of amides is 1. The minimum Gasteiger partial charge on any atom is -0.398 e. The third-order valence-corrected chi connectivity index (χ3v) is 3.97. The summed E-state index contributed by atoms with van der Waals surface area (Å²) < 4.78 is 1.82. The summed E-state index contributed by atoms with van der Waals surface area (Å²) in [5.41, 5.74) is 8.17. The fourth-order valence-corrected chi connectivity index (χ4v) is 2.78. The molecule has 1 heterocycles. The second kappa shape index (κ2) is 6.00. The van der Waals surface area contributed by atoms with Crippen LogP contribution in [0.1, 0.15) is 23.0 Å². The molecule has 5 nitrogen and oxygen atoms in total. The third kappa shape index (κ3) is 3.14. The molecule has 6 heteroatoms. The molecule has 2 rings (SSSR count). The number of carbonyl (C=O) groups excluding carboxylic acids is 1. The molecule has 0 saturated heterocycles. The van der Waals surface area contributed by atoms with Gasteiger partial charge in [0.2, 0.25) is 0 Å². The number of nitrogen functional groups attached to an aromatic ring is 1. The normalized spacial score (nSPS) is 10.6. The van der Waals surface area contributed by atoms with Crippen LogP contribution in [-0.4, -0.2) is 22.2 Å². The van der Waals surface area contributed by atoms with Gasteiger partial charge in [0.15, 0.2) is 0 Å². The molecular formula is C14H18N4OS. The van der Waals surface area contributed by atoms with Gasteiger partial charge in [0.1, 0.15) is 0 Å². The zero-order valence-corrected chi connectivity index (χ0v) is 12.6. The monoisotopic (exact) mass is 290 g/mol. The molecule has 0 aliphatic carbocycles. The third-order valence-electron chi connectivity index (χ3n) is 2.78.